The van der Waals surface area contributed by atoms with E-state index in [1.807, 2.05) is 6.92 Å². The first-order valence-electron chi connectivity index (χ1n) is 5.35. The number of benzene rings is 1. The van der Waals surface area contributed by atoms with Crippen LogP contribution in [0.5, 0.6) is 0 Å². The summed E-state index contributed by atoms with van der Waals surface area (Å²) in [6.07, 6.45) is 0.907. The third-order valence-corrected chi connectivity index (χ3v) is 2.43. The fraction of sp³-hybridized carbons (Fsp3) is 0.417. The number of rotatable bonds is 5. The van der Waals surface area contributed by atoms with Crippen LogP contribution in [0.4, 0.5) is 4.39 Å². The van der Waals surface area contributed by atoms with E-state index < -0.39 is 11.9 Å². The number of hydrogen-bond donors (Lipinski definition) is 2. The number of carbonyl (C=O) groups excluding carboxylic acids is 1. The third kappa shape index (κ3) is 3.03. The lowest BCUT2D eigenvalue weighted by Gasteiger charge is -2.17. The number of amides is 1. The lowest BCUT2D eigenvalue weighted by Crippen LogP contribution is -2.34. The zero-order chi connectivity index (χ0) is 12.1. The van der Waals surface area contributed by atoms with Crippen LogP contribution in [0.3, 0.4) is 0 Å². The maximum Gasteiger partial charge on any atom is 0.239 e. The van der Waals surface area contributed by atoms with Crippen LogP contribution in [0.15, 0.2) is 18.2 Å². The van der Waals surface area contributed by atoms with Gasteiger partial charge in [0.2, 0.25) is 5.91 Å². The molecule has 0 bridgehead atoms. The molecule has 0 aliphatic carbocycles. The van der Waals surface area contributed by atoms with Crippen molar-refractivity contribution in [3.05, 3.63) is 35.1 Å². The minimum absolute atomic E-state index is 0.306. The molecule has 1 amide bonds. The minimum Gasteiger partial charge on any atom is -0.368 e. The summed E-state index contributed by atoms with van der Waals surface area (Å²) in [7, 11) is 0. The van der Waals surface area contributed by atoms with Gasteiger partial charge in [-0.25, -0.2) is 4.39 Å². The highest BCUT2D eigenvalue weighted by molar-refractivity contribution is 5.81. The standard InChI is InChI=1S/C12H17FN2O/c1-3-6-15-11(12(14)16)10-5-4-9(13)7-8(10)2/h4-5,7,11,15H,3,6H2,1-2H3,(H2,14,16). The predicted octanol–water partition coefficient (Wildman–Crippen LogP) is 1.66. The maximum atomic E-state index is 12.9. The van der Waals surface area contributed by atoms with Gasteiger partial charge in [-0.05, 0) is 43.1 Å². The highest BCUT2D eigenvalue weighted by Gasteiger charge is 2.18. The van der Waals surface area contributed by atoms with Gasteiger partial charge in [-0.15, -0.1) is 0 Å². The van der Waals surface area contributed by atoms with E-state index >= 15 is 0 Å². The Kier molecular flexibility index (Phi) is 4.43. The van der Waals surface area contributed by atoms with Crippen molar-refractivity contribution in [3.63, 3.8) is 0 Å². The number of carbonyl (C=O) groups is 1. The Labute approximate surface area is 94.8 Å². The molecule has 0 saturated carbocycles. The summed E-state index contributed by atoms with van der Waals surface area (Å²) < 4.78 is 12.9. The van der Waals surface area contributed by atoms with Crippen LogP contribution in [-0.4, -0.2) is 12.5 Å². The molecule has 0 spiro atoms. The van der Waals surface area contributed by atoms with E-state index in [-0.39, 0.29) is 5.82 Å². The Morgan fingerprint density at radius 2 is 2.25 bits per heavy atom. The molecule has 1 aromatic carbocycles. The molecule has 0 aromatic heterocycles. The Balaban J connectivity index is 2.96. The van der Waals surface area contributed by atoms with Crippen molar-refractivity contribution >= 4 is 5.91 Å². The van der Waals surface area contributed by atoms with Crippen LogP contribution in [-0.2, 0) is 4.79 Å². The number of nitrogens with two attached hydrogens (primary N) is 1. The van der Waals surface area contributed by atoms with Gasteiger partial charge in [0.15, 0.2) is 0 Å². The third-order valence-electron chi connectivity index (χ3n) is 2.43. The second-order valence-corrected chi connectivity index (χ2v) is 3.79. The molecule has 88 valence electrons. The lowest BCUT2D eigenvalue weighted by atomic mass is 10.0. The predicted molar refractivity (Wildman–Crippen MR) is 61.4 cm³/mol. The summed E-state index contributed by atoms with van der Waals surface area (Å²) >= 11 is 0. The van der Waals surface area contributed by atoms with Gasteiger partial charge >= 0.3 is 0 Å². The van der Waals surface area contributed by atoms with Crippen LogP contribution in [0.2, 0.25) is 0 Å². The Morgan fingerprint density at radius 3 is 2.75 bits per heavy atom. The van der Waals surface area contributed by atoms with Crippen LogP contribution >= 0.6 is 0 Å². The molecule has 0 radical (unpaired) electrons. The largest absolute Gasteiger partial charge is 0.368 e. The molecule has 1 aromatic rings. The van der Waals surface area contributed by atoms with Gasteiger partial charge in [-0.1, -0.05) is 13.0 Å². The van der Waals surface area contributed by atoms with Crippen LogP contribution in [0.1, 0.15) is 30.5 Å². The summed E-state index contributed by atoms with van der Waals surface area (Å²) in [5.74, 6) is -0.747. The molecule has 0 saturated heterocycles. The molecule has 3 N–H and O–H groups in total. The fourth-order valence-corrected chi connectivity index (χ4v) is 1.62. The monoisotopic (exact) mass is 224 g/mol. The highest BCUT2D eigenvalue weighted by atomic mass is 19.1. The summed E-state index contributed by atoms with van der Waals surface area (Å²) in [5.41, 5.74) is 6.79. The highest BCUT2D eigenvalue weighted by Crippen LogP contribution is 2.18. The van der Waals surface area contributed by atoms with E-state index in [0.717, 1.165) is 17.5 Å². The van der Waals surface area contributed by atoms with Crippen molar-refractivity contribution in [1.29, 1.82) is 0 Å². The first-order valence-corrected chi connectivity index (χ1v) is 5.35. The van der Waals surface area contributed by atoms with Crippen LogP contribution < -0.4 is 11.1 Å². The number of aryl methyl sites for hydroxylation is 1. The van der Waals surface area contributed by atoms with Gasteiger partial charge in [-0.2, -0.15) is 0 Å². The molecule has 16 heavy (non-hydrogen) atoms. The van der Waals surface area contributed by atoms with Crippen molar-refractivity contribution in [1.82, 2.24) is 5.32 Å². The van der Waals surface area contributed by atoms with Gasteiger partial charge in [0, 0.05) is 0 Å². The van der Waals surface area contributed by atoms with Crippen molar-refractivity contribution in [2.75, 3.05) is 6.54 Å². The smallest absolute Gasteiger partial charge is 0.239 e. The van der Waals surface area contributed by atoms with Gasteiger partial charge in [0.05, 0.1) is 0 Å². The molecule has 3 nitrogen and oxygen atoms in total. The van der Waals surface area contributed by atoms with E-state index in [2.05, 4.69) is 5.32 Å². The Hall–Kier alpha value is -1.42. The maximum absolute atomic E-state index is 12.9. The summed E-state index contributed by atoms with van der Waals surface area (Å²) in [6, 6.07) is 3.80. The topological polar surface area (TPSA) is 55.1 Å². The van der Waals surface area contributed by atoms with E-state index in [1.165, 1.54) is 12.1 Å². The first kappa shape index (κ1) is 12.6. The van der Waals surface area contributed by atoms with Gasteiger partial charge in [-0.3, -0.25) is 4.79 Å². The molecule has 0 fully saturated rings. The van der Waals surface area contributed by atoms with Crippen molar-refractivity contribution in [3.8, 4) is 0 Å². The van der Waals surface area contributed by atoms with Gasteiger partial charge in [0.1, 0.15) is 11.9 Å². The van der Waals surface area contributed by atoms with E-state index in [4.69, 9.17) is 5.73 Å². The van der Waals surface area contributed by atoms with Gasteiger partial charge in [0.25, 0.3) is 0 Å². The SMILES string of the molecule is CCCNC(C(N)=O)c1ccc(F)cc1C. The van der Waals surface area contributed by atoms with Crippen molar-refractivity contribution < 1.29 is 9.18 Å². The summed E-state index contributed by atoms with van der Waals surface area (Å²) in [6.45, 7) is 4.47. The second-order valence-electron chi connectivity index (χ2n) is 3.79. The van der Waals surface area contributed by atoms with Crippen LogP contribution in [0, 0.1) is 12.7 Å². The van der Waals surface area contributed by atoms with Crippen molar-refractivity contribution in [2.24, 2.45) is 5.73 Å². The van der Waals surface area contributed by atoms with E-state index in [9.17, 15) is 9.18 Å². The molecule has 0 aliphatic heterocycles. The van der Waals surface area contributed by atoms with Gasteiger partial charge < -0.3 is 11.1 Å². The number of halogens is 1. The van der Waals surface area contributed by atoms with Crippen molar-refractivity contribution in [2.45, 2.75) is 26.3 Å². The molecular weight excluding hydrogens is 207 g/mol. The van der Waals surface area contributed by atoms with E-state index in [0.29, 0.717) is 6.54 Å². The number of nitrogens with one attached hydrogen (secondary N) is 1. The zero-order valence-electron chi connectivity index (χ0n) is 9.59. The van der Waals surface area contributed by atoms with E-state index in [1.54, 1.807) is 13.0 Å². The second kappa shape index (κ2) is 5.61. The fourth-order valence-electron chi connectivity index (χ4n) is 1.62. The molecule has 1 rings (SSSR count). The Morgan fingerprint density at radius 1 is 1.56 bits per heavy atom. The lowest BCUT2D eigenvalue weighted by molar-refractivity contribution is -0.120. The number of hydrogen-bond acceptors (Lipinski definition) is 2. The molecule has 0 heterocycles. The molecule has 4 heteroatoms. The normalized spacial score (nSPS) is 12.4. The van der Waals surface area contributed by atoms with Crippen LogP contribution in [0.25, 0.3) is 0 Å². The zero-order valence-corrected chi connectivity index (χ0v) is 9.59. The molecule has 1 unspecified atom stereocenters. The summed E-state index contributed by atoms with van der Waals surface area (Å²) in [4.78, 5) is 11.3. The Bertz CT molecular complexity index is 379. The minimum atomic E-state index is -0.541. The first-order chi connectivity index (χ1) is 7.56. The quantitative estimate of drug-likeness (QED) is 0.799. The average molecular weight is 224 g/mol. The summed E-state index contributed by atoms with van der Waals surface area (Å²) in [5, 5.41) is 3.05. The molecule has 1 atom stereocenters. The average Bonchev–Trinajstić information content (AvgIpc) is 2.20. The molecular formula is C12H17FN2O. The number of primary amides is 1. The molecule has 0 aliphatic rings.